The van der Waals surface area contributed by atoms with Crippen LogP contribution in [0.3, 0.4) is 0 Å². The lowest BCUT2D eigenvalue weighted by molar-refractivity contribution is 0.238. The minimum Gasteiger partial charge on any atom is -0.395 e. The molecule has 0 bridgehead atoms. The van der Waals surface area contributed by atoms with Crippen molar-refractivity contribution in [3.8, 4) is 11.4 Å². The monoisotopic (exact) mass is 245 g/mol. The highest BCUT2D eigenvalue weighted by molar-refractivity contribution is 5.55. The third-order valence-electron chi connectivity index (χ3n) is 3.09. The Balaban J connectivity index is 2.09. The molecule has 0 aliphatic heterocycles. The number of rotatable bonds is 6. The molecular formula is C14H19N3O. The summed E-state index contributed by atoms with van der Waals surface area (Å²) in [5, 5.41) is 12.2. The van der Waals surface area contributed by atoms with E-state index in [0.717, 1.165) is 24.4 Å². The van der Waals surface area contributed by atoms with Crippen LogP contribution in [-0.2, 0) is 6.54 Å². The van der Waals surface area contributed by atoms with Gasteiger partial charge in [0.25, 0.3) is 0 Å². The lowest BCUT2D eigenvalue weighted by Crippen LogP contribution is -2.30. The van der Waals surface area contributed by atoms with Crippen molar-refractivity contribution in [2.45, 2.75) is 19.0 Å². The molecule has 0 radical (unpaired) electrons. The van der Waals surface area contributed by atoms with Gasteiger partial charge in [-0.3, -0.25) is 0 Å². The Kier molecular flexibility index (Phi) is 4.50. The Hall–Kier alpha value is -1.65. The van der Waals surface area contributed by atoms with E-state index in [1.165, 1.54) is 0 Å². The zero-order valence-electron chi connectivity index (χ0n) is 10.6. The van der Waals surface area contributed by atoms with Crippen LogP contribution in [0, 0.1) is 0 Å². The number of nitrogens with one attached hydrogen (secondary N) is 1. The number of nitrogens with zero attached hydrogens (tertiary/aromatic N) is 2. The average molecular weight is 245 g/mol. The Labute approximate surface area is 107 Å². The highest BCUT2D eigenvalue weighted by Crippen LogP contribution is 2.17. The second-order valence-corrected chi connectivity index (χ2v) is 4.27. The van der Waals surface area contributed by atoms with Gasteiger partial charge in [-0.25, -0.2) is 4.98 Å². The van der Waals surface area contributed by atoms with E-state index in [9.17, 15) is 0 Å². The van der Waals surface area contributed by atoms with Crippen LogP contribution in [0.5, 0.6) is 0 Å². The molecule has 2 rings (SSSR count). The summed E-state index contributed by atoms with van der Waals surface area (Å²) in [5.41, 5.74) is 1.12. The van der Waals surface area contributed by atoms with Gasteiger partial charge in [-0.2, -0.15) is 0 Å². The van der Waals surface area contributed by atoms with Gasteiger partial charge in [-0.15, -0.1) is 0 Å². The third kappa shape index (κ3) is 2.97. The van der Waals surface area contributed by atoms with Gasteiger partial charge >= 0.3 is 0 Å². The van der Waals surface area contributed by atoms with Crippen molar-refractivity contribution in [3.63, 3.8) is 0 Å². The number of hydrogen-bond donors (Lipinski definition) is 2. The van der Waals surface area contributed by atoms with Crippen molar-refractivity contribution in [3.05, 3.63) is 42.7 Å². The van der Waals surface area contributed by atoms with E-state index in [4.69, 9.17) is 5.11 Å². The number of aliphatic hydroxyl groups is 1. The molecule has 96 valence electrons. The quantitative estimate of drug-likeness (QED) is 0.811. The van der Waals surface area contributed by atoms with Crippen LogP contribution in [0.1, 0.15) is 6.42 Å². The van der Waals surface area contributed by atoms with Gasteiger partial charge in [0.2, 0.25) is 0 Å². The fourth-order valence-electron chi connectivity index (χ4n) is 1.96. The molecule has 1 atom stereocenters. The van der Waals surface area contributed by atoms with Crippen LogP contribution in [0.2, 0.25) is 0 Å². The average Bonchev–Trinajstić information content (AvgIpc) is 2.89. The minimum atomic E-state index is 0.135. The molecule has 0 aliphatic rings. The number of aromatic nitrogens is 2. The maximum atomic E-state index is 9.15. The maximum absolute atomic E-state index is 9.15. The molecule has 4 heteroatoms. The molecular weight excluding hydrogens is 226 g/mol. The molecule has 4 nitrogen and oxygen atoms in total. The number of aliphatic hydroxyl groups excluding tert-OH is 1. The predicted molar refractivity (Wildman–Crippen MR) is 72.2 cm³/mol. The third-order valence-corrected chi connectivity index (χ3v) is 3.09. The zero-order chi connectivity index (χ0) is 12.8. The Morgan fingerprint density at radius 2 is 2.11 bits per heavy atom. The smallest absolute Gasteiger partial charge is 0.139 e. The molecule has 1 heterocycles. The van der Waals surface area contributed by atoms with E-state index in [1.54, 1.807) is 0 Å². The van der Waals surface area contributed by atoms with Gasteiger partial charge in [0, 0.05) is 30.5 Å². The lowest BCUT2D eigenvalue weighted by atomic mass is 10.2. The number of hydrogen-bond acceptors (Lipinski definition) is 3. The summed E-state index contributed by atoms with van der Waals surface area (Å²) in [7, 11) is 1.87. The molecule has 1 unspecified atom stereocenters. The maximum Gasteiger partial charge on any atom is 0.139 e. The van der Waals surface area contributed by atoms with Gasteiger partial charge in [0.05, 0.1) is 6.61 Å². The molecule has 0 aliphatic carbocycles. The molecule has 0 saturated carbocycles. The zero-order valence-corrected chi connectivity index (χ0v) is 10.6. The Morgan fingerprint density at radius 3 is 2.78 bits per heavy atom. The van der Waals surface area contributed by atoms with Crippen molar-refractivity contribution < 1.29 is 5.11 Å². The van der Waals surface area contributed by atoms with Crippen LogP contribution in [-0.4, -0.2) is 34.4 Å². The van der Waals surface area contributed by atoms with Gasteiger partial charge in [-0.1, -0.05) is 30.3 Å². The largest absolute Gasteiger partial charge is 0.395 e. The number of aryl methyl sites for hydroxylation is 1. The van der Waals surface area contributed by atoms with Crippen molar-refractivity contribution in [2.24, 2.45) is 0 Å². The van der Waals surface area contributed by atoms with E-state index in [0.29, 0.717) is 0 Å². The molecule has 0 fully saturated rings. The number of imidazole rings is 1. The summed E-state index contributed by atoms with van der Waals surface area (Å²) in [6, 6.07) is 10.3. The Bertz CT molecular complexity index is 463. The molecule has 18 heavy (non-hydrogen) atoms. The van der Waals surface area contributed by atoms with Gasteiger partial charge in [0.1, 0.15) is 5.82 Å². The van der Waals surface area contributed by atoms with E-state index in [1.807, 2.05) is 37.6 Å². The van der Waals surface area contributed by atoms with Crippen molar-refractivity contribution >= 4 is 0 Å². The molecule has 1 aromatic carbocycles. The molecule has 1 aromatic heterocycles. The van der Waals surface area contributed by atoms with Crippen LogP contribution < -0.4 is 5.32 Å². The summed E-state index contributed by atoms with van der Waals surface area (Å²) in [4.78, 5) is 4.40. The highest BCUT2D eigenvalue weighted by Gasteiger charge is 2.08. The second-order valence-electron chi connectivity index (χ2n) is 4.27. The van der Waals surface area contributed by atoms with Crippen LogP contribution in [0.4, 0.5) is 0 Å². The lowest BCUT2D eigenvalue weighted by Gasteiger charge is -2.14. The first-order valence-corrected chi connectivity index (χ1v) is 6.20. The first kappa shape index (κ1) is 12.8. The van der Waals surface area contributed by atoms with Gasteiger partial charge < -0.3 is 15.0 Å². The van der Waals surface area contributed by atoms with Crippen molar-refractivity contribution in [2.75, 3.05) is 13.7 Å². The van der Waals surface area contributed by atoms with Gasteiger partial charge in [0.15, 0.2) is 0 Å². The standard InChI is InChI=1S/C14H19N3O/c1-15-13(11-18)7-9-17-10-8-16-14(17)12-5-3-2-4-6-12/h2-6,8,10,13,15,18H,7,9,11H2,1H3. The molecule has 0 amide bonds. The first-order valence-electron chi connectivity index (χ1n) is 6.20. The van der Waals surface area contributed by atoms with Crippen molar-refractivity contribution in [1.29, 1.82) is 0 Å². The normalized spacial score (nSPS) is 12.6. The van der Waals surface area contributed by atoms with Crippen LogP contribution in [0.25, 0.3) is 11.4 Å². The molecule has 0 saturated heterocycles. The van der Waals surface area contributed by atoms with E-state index >= 15 is 0 Å². The van der Waals surface area contributed by atoms with Gasteiger partial charge in [-0.05, 0) is 13.5 Å². The fourth-order valence-corrected chi connectivity index (χ4v) is 1.96. The number of likely N-dealkylation sites (N-methyl/N-ethyl adjacent to an activating group) is 1. The second kappa shape index (κ2) is 6.33. The summed E-state index contributed by atoms with van der Waals surface area (Å²) >= 11 is 0. The summed E-state index contributed by atoms with van der Waals surface area (Å²) in [6.07, 6.45) is 4.67. The summed E-state index contributed by atoms with van der Waals surface area (Å²) < 4.78 is 2.12. The van der Waals surface area contributed by atoms with Crippen LogP contribution >= 0.6 is 0 Å². The minimum absolute atomic E-state index is 0.135. The molecule has 2 aromatic rings. The SMILES string of the molecule is CNC(CO)CCn1ccnc1-c1ccccc1. The van der Waals surface area contributed by atoms with Crippen molar-refractivity contribution in [1.82, 2.24) is 14.9 Å². The molecule has 0 spiro atoms. The van der Waals surface area contributed by atoms with E-state index in [2.05, 4.69) is 27.0 Å². The first-order chi connectivity index (χ1) is 8.85. The van der Waals surface area contributed by atoms with E-state index < -0.39 is 0 Å². The van der Waals surface area contributed by atoms with E-state index in [-0.39, 0.29) is 12.6 Å². The predicted octanol–water partition coefficient (Wildman–Crippen LogP) is 1.52. The topological polar surface area (TPSA) is 50.1 Å². The fraction of sp³-hybridized carbons (Fsp3) is 0.357. The summed E-state index contributed by atoms with van der Waals surface area (Å²) in [5.74, 6) is 0.975. The summed E-state index contributed by atoms with van der Waals surface area (Å²) in [6.45, 7) is 1.00. The Morgan fingerprint density at radius 1 is 1.33 bits per heavy atom. The molecule has 2 N–H and O–H groups in total. The number of benzene rings is 1. The highest BCUT2D eigenvalue weighted by atomic mass is 16.3. The van der Waals surface area contributed by atoms with Crippen LogP contribution in [0.15, 0.2) is 42.7 Å².